The number of nitro groups is 1. The summed E-state index contributed by atoms with van der Waals surface area (Å²) < 4.78 is 5.34. The molecule has 1 aliphatic heterocycles. The van der Waals surface area contributed by atoms with E-state index in [1.54, 1.807) is 12.1 Å². The molecule has 1 aromatic carbocycles. The van der Waals surface area contributed by atoms with Crippen molar-refractivity contribution in [2.24, 2.45) is 5.92 Å². The zero-order valence-corrected chi connectivity index (χ0v) is 12.3. The summed E-state index contributed by atoms with van der Waals surface area (Å²) in [7, 11) is 1.97. The largest absolute Gasteiger partial charge is 0.387 e. The number of nitrogens with zero attached hydrogens (tertiary/aromatic N) is 2. The van der Waals surface area contributed by atoms with Gasteiger partial charge in [-0.15, -0.1) is 0 Å². The van der Waals surface area contributed by atoms with E-state index in [1.807, 2.05) is 7.05 Å². The molecule has 1 aliphatic rings. The van der Waals surface area contributed by atoms with Gasteiger partial charge in [0.1, 0.15) is 0 Å². The molecule has 21 heavy (non-hydrogen) atoms. The average Bonchev–Trinajstić information content (AvgIpc) is 2.48. The van der Waals surface area contributed by atoms with Crippen LogP contribution in [0.15, 0.2) is 24.3 Å². The molecule has 0 spiro atoms. The molecule has 0 radical (unpaired) electrons. The number of rotatable bonds is 6. The summed E-state index contributed by atoms with van der Waals surface area (Å²) in [6.07, 6.45) is 1.39. The predicted molar refractivity (Wildman–Crippen MR) is 79.1 cm³/mol. The van der Waals surface area contributed by atoms with Crippen molar-refractivity contribution in [3.05, 3.63) is 39.9 Å². The summed E-state index contributed by atoms with van der Waals surface area (Å²) in [5, 5.41) is 21.0. The van der Waals surface area contributed by atoms with Gasteiger partial charge in [-0.1, -0.05) is 12.1 Å². The fraction of sp³-hybridized carbons (Fsp3) is 0.600. The molecule has 1 aromatic rings. The van der Waals surface area contributed by atoms with Gasteiger partial charge >= 0.3 is 0 Å². The molecular weight excluding hydrogens is 272 g/mol. The lowest BCUT2D eigenvalue weighted by Gasteiger charge is -2.28. The van der Waals surface area contributed by atoms with Crippen LogP contribution in [0.4, 0.5) is 5.69 Å². The Morgan fingerprint density at radius 3 is 2.86 bits per heavy atom. The molecular formula is C15H22N2O4. The maximum absolute atomic E-state index is 10.8. The van der Waals surface area contributed by atoms with E-state index < -0.39 is 11.0 Å². The molecule has 1 atom stereocenters. The molecule has 6 nitrogen and oxygen atoms in total. The van der Waals surface area contributed by atoms with E-state index in [-0.39, 0.29) is 5.69 Å². The van der Waals surface area contributed by atoms with Crippen molar-refractivity contribution in [3.63, 3.8) is 0 Å². The Hall–Kier alpha value is -1.50. The summed E-state index contributed by atoms with van der Waals surface area (Å²) in [5.74, 6) is 0.598. The standard InChI is InChI=1S/C15H22N2O4/c1-16(10-12-5-7-21-8-6-12)11-15(18)13-3-2-4-14(9-13)17(19)20/h2-4,9,12,15,18H,5-8,10-11H2,1H3. The summed E-state index contributed by atoms with van der Waals surface area (Å²) in [5.41, 5.74) is 0.599. The quantitative estimate of drug-likeness (QED) is 0.641. The summed E-state index contributed by atoms with van der Waals surface area (Å²) in [4.78, 5) is 12.4. The van der Waals surface area contributed by atoms with Crippen LogP contribution >= 0.6 is 0 Å². The normalized spacial score (nSPS) is 17.9. The Bertz CT molecular complexity index is 474. The van der Waals surface area contributed by atoms with E-state index >= 15 is 0 Å². The third-order valence-electron chi connectivity index (χ3n) is 3.86. The second-order valence-electron chi connectivity index (χ2n) is 5.64. The number of nitro benzene ring substituents is 1. The molecule has 1 unspecified atom stereocenters. The van der Waals surface area contributed by atoms with E-state index in [2.05, 4.69) is 4.90 Å². The van der Waals surface area contributed by atoms with E-state index in [9.17, 15) is 15.2 Å². The Kier molecular flexibility index (Phi) is 5.67. The molecule has 116 valence electrons. The second kappa shape index (κ2) is 7.49. The second-order valence-corrected chi connectivity index (χ2v) is 5.64. The lowest BCUT2D eigenvalue weighted by atomic mass is 9.99. The van der Waals surface area contributed by atoms with Crippen LogP contribution in [0.5, 0.6) is 0 Å². The van der Waals surface area contributed by atoms with Crippen molar-refractivity contribution in [1.82, 2.24) is 4.90 Å². The van der Waals surface area contributed by atoms with Gasteiger partial charge in [-0.3, -0.25) is 10.1 Å². The van der Waals surface area contributed by atoms with Crippen LogP contribution in [-0.2, 0) is 4.74 Å². The minimum atomic E-state index is -0.713. The van der Waals surface area contributed by atoms with Gasteiger partial charge in [0, 0.05) is 38.4 Å². The van der Waals surface area contributed by atoms with Gasteiger partial charge in [0.15, 0.2) is 0 Å². The van der Waals surface area contributed by atoms with Crippen LogP contribution in [0.1, 0.15) is 24.5 Å². The molecule has 0 amide bonds. The minimum absolute atomic E-state index is 0.0126. The molecule has 1 fully saturated rings. The molecule has 6 heteroatoms. The van der Waals surface area contributed by atoms with Crippen LogP contribution in [0.25, 0.3) is 0 Å². The maximum Gasteiger partial charge on any atom is 0.269 e. The molecule has 0 aliphatic carbocycles. The summed E-state index contributed by atoms with van der Waals surface area (Å²) in [6.45, 7) is 3.01. The van der Waals surface area contributed by atoms with Crippen molar-refractivity contribution >= 4 is 5.69 Å². The predicted octanol–water partition coefficient (Wildman–Crippen LogP) is 1.99. The first-order valence-corrected chi connectivity index (χ1v) is 7.25. The van der Waals surface area contributed by atoms with Crippen molar-refractivity contribution in [2.75, 3.05) is 33.4 Å². The lowest BCUT2D eigenvalue weighted by molar-refractivity contribution is -0.385. The minimum Gasteiger partial charge on any atom is -0.387 e. The Morgan fingerprint density at radius 1 is 1.48 bits per heavy atom. The van der Waals surface area contributed by atoms with Crippen LogP contribution < -0.4 is 0 Å². The monoisotopic (exact) mass is 294 g/mol. The molecule has 1 N–H and O–H groups in total. The van der Waals surface area contributed by atoms with Crippen LogP contribution in [-0.4, -0.2) is 48.3 Å². The first kappa shape index (κ1) is 15.9. The highest BCUT2D eigenvalue weighted by atomic mass is 16.6. The SMILES string of the molecule is CN(CC1CCOCC1)CC(O)c1cccc([N+](=O)[O-])c1. The third-order valence-corrected chi connectivity index (χ3v) is 3.86. The first-order chi connectivity index (χ1) is 10.1. The summed E-state index contributed by atoms with van der Waals surface area (Å²) in [6, 6.07) is 6.20. The van der Waals surface area contributed by atoms with Crippen LogP contribution in [0.3, 0.4) is 0 Å². The topological polar surface area (TPSA) is 75.8 Å². The first-order valence-electron chi connectivity index (χ1n) is 7.25. The molecule has 0 bridgehead atoms. The van der Waals surface area contributed by atoms with E-state index in [4.69, 9.17) is 4.74 Å². The Morgan fingerprint density at radius 2 is 2.19 bits per heavy atom. The van der Waals surface area contributed by atoms with Crippen molar-refractivity contribution in [3.8, 4) is 0 Å². The highest BCUT2D eigenvalue weighted by molar-refractivity contribution is 5.35. The van der Waals surface area contributed by atoms with Crippen molar-refractivity contribution in [2.45, 2.75) is 18.9 Å². The van der Waals surface area contributed by atoms with Gasteiger partial charge in [-0.25, -0.2) is 0 Å². The highest BCUT2D eigenvalue weighted by Crippen LogP contribution is 2.21. The van der Waals surface area contributed by atoms with Gasteiger partial charge in [-0.05, 0) is 31.4 Å². The average molecular weight is 294 g/mol. The number of aliphatic hydroxyl groups is 1. The van der Waals surface area contributed by atoms with Crippen molar-refractivity contribution < 1.29 is 14.8 Å². The number of ether oxygens (including phenoxy) is 1. The number of likely N-dealkylation sites (N-methyl/N-ethyl adjacent to an activating group) is 1. The van der Waals surface area contributed by atoms with Crippen LogP contribution in [0, 0.1) is 16.0 Å². The van der Waals surface area contributed by atoms with Crippen LogP contribution in [0.2, 0.25) is 0 Å². The Labute approximate surface area is 124 Å². The number of benzene rings is 1. The zero-order valence-electron chi connectivity index (χ0n) is 12.3. The number of aliphatic hydroxyl groups excluding tert-OH is 1. The number of hydrogen-bond acceptors (Lipinski definition) is 5. The van der Waals surface area contributed by atoms with E-state index in [1.165, 1.54) is 12.1 Å². The number of hydrogen-bond donors (Lipinski definition) is 1. The summed E-state index contributed by atoms with van der Waals surface area (Å²) >= 11 is 0. The fourth-order valence-electron chi connectivity index (χ4n) is 2.69. The smallest absolute Gasteiger partial charge is 0.269 e. The van der Waals surface area contributed by atoms with Gasteiger partial charge < -0.3 is 14.7 Å². The van der Waals surface area contributed by atoms with E-state index in [0.29, 0.717) is 18.0 Å². The number of non-ortho nitro benzene ring substituents is 1. The van der Waals surface area contributed by atoms with Gasteiger partial charge in [0.2, 0.25) is 0 Å². The third kappa shape index (κ3) is 4.77. The van der Waals surface area contributed by atoms with Gasteiger partial charge in [0.05, 0.1) is 11.0 Å². The maximum atomic E-state index is 10.8. The van der Waals surface area contributed by atoms with Gasteiger partial charge in [-0.2, -0.15) is 0 Å². The molecule has 1 heterocycles. The molecule has 0 aromatic heterocycles. The fourth-order valence-corrected chi connectivity index (χ4v) is 2.69. The molecule has 0 saturated carbocycles. The van der Waals surface area contributed by atoms with Crippen molar-refractivity contribution in [1.29, 1.82) is 0 Å². The van der Waals surface area contributed by atoms with E-state index in [0.717, 1.165) is 32.6 Å². The molecule has 1 saturated heterocycles. The van der Waals surface area contributed by atoms with Gasteiger partial charge in [0.25, 0.3) is 5.69 Å². The highest BCUT2D eigenvalue weighted by Gasteiger charge is 2.19. The molecule has 2 rings (SSSR count). The zero-order chi connectivity index (χ0) is 15.2. The Balaban J connectivity index is 1.89. The lowest BCUT2D eigenvalue weighted by Crippen LogP contribution is -2.32.